The van der Waals surface area contributed by atoms with Gasteiger partial charge in [-0.15, -0.1) is 0 Å². The molecule has 1 aliphatic rings. The molecule has 1 atom stereocenters. The first-order valence-corrected chi connectivity index (χ1v) is 5.19. The maximum atomic E-state index is 5.71. The van der Waals surface area contributed by atoms with Crippen molar-refractivity contribution in [3.63, 3.8) is 0 Å². The van der Waals surface area contributed by atoms with Gasteiger partial charge in [0.15, 0.2) is 0 Å². The smallest absolute Gasteiger partial charge is 0.137 e. The van der Waals surface area contributed by atoms with Crippen molar-refractivity contribution in [2.75, 3.05) is 12.3 Å². The van der Waals surface area contributed by atoms with E-state index in [0.717, 1.165) is 36.5 Å². The molecule has 78 valence electrons. The van der Waals surface area contributed by atoms with Crippen LogP contribution < -0.4 is 5.73 Å². The minimum Gasteiger partial charge on any atom is -0.398 e. The van der Waals surface area contributed by atoms with Crippen LogP contribution in [0, 0.1) is 0 Å². The van der Waals surface area contributed by atoms with Crippen molar-refractivity contribution in [3.05, 3.63) is 30.2 Å². The number of anilines is 1. The van der Waals surface area contributed by atoms with Crippen molar-refractivity contribution >= 4 is 11.3 Å². The Hall–Kier alpha value is -1.55. The predicted octanol–water partition coefficient (Wildman–Crippen LogP) is 1.77. The van der Waals surface area contributed by atoms with Gasteiger partial charge in [0.05, 0.1) is 5.69 Å². The lowest BCUT2D eigenvalue weighted by molar-refractivity contribution is 0.109. The Morgan fingerprint density at radius 3 is 3.13 bits per heavy atom. The van der Waals surface area contributed by atoms with E-state index in [-0.39, 0.29) is 6.10 Å². The van der Waals surface area contributed by atoms with Gasteiger partial charge in [-0.25, -0.2) is 4.98 Å². The Morgan fingerprint density at radius 1 is 1.40 bits per heavy atom. The summed E-state index contributed by atoms with van der Waals surface area (Å²) in [5.41, 5.74) is 8.39. The molecule has 0 spiro atoms. The van der Waals surface area contributed by atoms with Gasteiger partial charge in [0.25, 0.3) is 0 Å². The van der Waals surface area contributed by atoms with Crippen LogP contribution in [0.15, 0.2) is 24.5 Å². The minimum absolute atomic E-state index is 0.172. The minimum atomic E-state index is 0.172. The molecule has 4 heteroatoms. The molecular formula is C11H13N3O. The molecule has 0 aromatic carbocycles. The van der Waals surface area contributed by atoms with E-state index in [9.17, 15) is 0 Å². The summed E-state index contributed by atoms with van der Waals surface area (Å²) >= 11 is 0. The molecular weight excluding hydrogens is 190 g/mol. The van der Waals surface area contributed by atoms with E-state index in [1.165, 1.54) is 0 Å². The van der Waals surface area contributed by atoms with Gasteiger partial charge in [-0.3, -0.25) is 0 Å². The molecule has 4 nitrogen and oxygen atoms in total. The number of aromatic nitrogens is 2. The van der Waals surface area contributed by atoms with Crippen molar-refractivity contribution in [2.45, 2.75) is 18.9 Å². The number of nitrogens with zero attached hydrogens (tertiary/aromatic N) is 2. The molecule has 1 unspecified atom stereocenters. The van der Waals surface area contributed by atoms with E-state index in [1.54, 1.807) is 0 Å². The Labute approximate surface area is 87.7 Å². The summed E-state index contributed by atoms with van der Waals surface area (Å²) < 4.78 is 7.54. The number of hydrogen-bond donors (Lipinski definition) is 1. The second-order valence-corrected chi connectivity index (χ2v) is 3.90. The lowest BCUT2D eigenvalue weighted by atomic mass is 10.2. The SMILES string of the molecule is Nc1ccc2nc(C3CCCO3)cn2c1. The molecule has 0 radical (unpaired) electrons. The second-order valence-electron chi connectivity index (χ2n) is 3.90. The van der Waals surface area contributed by atoms with Gasteiger partial charge in [-0.05, 0) is 25.0 Å². The van der Waals surface area contributed by atoms with Crippen molar-refractivity contribution in [1.29, 1.82) is 0 Å². The lowest BCUT2D eigenvalue weighted by Crippen LogP contribution is -1.94. The number of rotatable bonds is 1. The van der Waals surface area contributed by atoms with Gasteiger partial charge in [0.1, 0.15) is 11.8 Å². The van der Waals surface area contributed by atoms with E-state index in [4.69, 9.17) is 10.5 Å². The summed E-state index contributed by atoms with van der Waals surface area (Å²) in [5.74, 6) is 0. The summed E-state index contributed by atoms with van der Waals surface area (Å²) in [4.78, 5) is 4.52. The standard InChI is InChI=1S/C11H13N3O/c12-8-3-4-11-13-9(7-14(11)6-8)10-2-1-5-15-10/h3-4,6-7,10H,1-2,5,12H2. The third-order valence-corrected chi connectivity index (χ3v) is 2.75. The number of fused-ring (bicyclic) bond motifs is 1. The molecule has 15 heavy (non-hydrogen) atoms. The topological polar surface area (TPSA) is 52.5 Å². The average molecular weight is 203 g/mol. The normalized spacial score (nSPS) is 21.2. The molecule has 1 fully saturated rings. The summed E-state index contributed by atoms with van der Waals surface area (Å²) in [6.45, 7) is 0.848. The molecule has 3 heterocycles. The third kappa shape index (κ3) is 1.47. The molecule has 0 amide bonds. The van der Waals surface area contributed by atoms with Crippen LogP contribution in [0.5, 0.6) is 0 Å². The van der Waals surface area contributed by atoms with Crippen LogP contribution in [0.3, 0.4) is 0 Å². The highest BCUT2D eigenvalue weighted by Gasteiger charge is 2.20. The van der Waals surface area contributed by atoms with Crippen molar-refractivity contribution in [3.8, 4) is 0 Å². The molecule has 3 rings (SSSR count). The van der Waals surface area contributed by atoms with E-state index < -0.39 is 0 Å². The number of pyridine rings is 1. The Kier molecular flexibility index (Phi) is 1.89. The number of nitrogens with two attached hydrogens (primary N) is 1. The average Bonchev–Trinajstić information content (AvgIpc) is 2.84. The first-order valence-electron chi connectivity index (χ1n) is 5.19. The summed E-state index contributed by atoms with van der Waals surface area (Å²) in [5, 5.41) is 0. The van der Waals surface area contributed by atoms with Crippen LogP contribution >= 0.6 is 0 Å². The predicted molar refractivity (Wildman–Crippen MR) is 57.5 cm³/mol. The number of hydrogen-bond acceptors (Lipinski definition) is 3. The Balaban J connectivity index is 2.05. The fraction of sp³-hybridized carbons (Fsp3) is 0.364. The van der Waals surface area contributed by atoms with Crippen LogP contribution in [-0.4, -0.2) is 16.0 Å². The van der Waals surface area contributed by atoms with E-state index in [1.807, 2.05) is 28.9 Å². The van der Waals surface area contributed by atoms with Crippen LogP contribution in [0.25, 0.3) is 5.65 Å². The lowest BCUT2D eigenvalue weighted by Gasteiger charge is -2.03. The third-order valence-electron chi connectivity index (χ3n) is 2.75. The number of nitrogen functional groups attached to an aromatic ring is 1. The van der Waals surface area contributed by atoms with Crippen molar-refractivity contribution < 1.29 is 4.74 Å². The maximum Gasteiger partial charge on any atom is 0.137 e. The van der Waals surface area contributed by atoms with E-state index in [2.05, 4.69) is 4.98 Å². The zero-order valence-corrected chi connectivity index (χ0v) is 8.39. The molecule has 1 saturated heterocycles. The largest absolute Gasteiger partial charge is 0.398 e. The molecule has 0 aliphatic carbocycles. The van der Waals surface area contributed by atoms with Gasteiger partial charge in [-0.2, -0.15) is 0 Å². The van der Waals surface area contributed by atoms with Crippen LogP contribution in [0.1, 0.15) is 24.6 Å². The van der Waals surface area contributed by atoms with Gasteiger partial charge >= 0.3 is 0 Å². The highest BCUT2D eigenvalue weighted by Crippen LogP contribution is 2.27. The van der Waals surface area contributed by atoms with Crippen LogP contribution in [0.2, 0.25) is 0 Å². The van der Waals surface area contributed by atoms with E-state index in [0.29, 0.717) is 0 Å². The van der Waals surface area contributed by atoms with Gasteiger partial charge in [0, 0.05) is 24.7 Å². The van der Waals surface area contributed by atoms with Crippen LogP contribution in [-0.2, 0) is 4.74 Å². The molecule has 2 N–H and O–H groups in total. The summed E-state index contributed by atoms with van der Waals surface area (Å²) in [6, 6.07) is 3.79. The monoisotopic (exact) mass is 203 g/mol. The molecule has 1 aliphatic heterocycles. The first-order chi connectivity index (χ1) is 7.33. The first kappa shape index (κ1) is 8.73. The summed E-state index contributed by atoms with van der Waals surface area (Å²) in [6.07, 6.45) is 6.24. The van der Waals surface area contributed by atoms with Crippen LogP contribution in [0.4, 0.5) is 5.69 Å². The molecule has 0 bridgehead atoms. The van der Waals surface area contributed by atoms with E-state index >= 15 is 0 Å². The highest BCUT2D eigenvalue weighted by molar-refractivity contribution is 5.48. The quantitative estimate of drug-likeness (QED) is 0.768. The second kappa shape index (κ2) is 3.24. The number of imidazole rings is 1. The zero-order valence-electron chi connectivity index (χ0n) is 8.39. The van der Waals surface area contributed by atoms with Crippen molar-refractivity contribution in [2.24, 2.45) is 0 Å². The van der Waals surface area contributed by atoms with Crippen molar-refractivity contribution in [1.82, 2.24) is 9.38 Å². The fourth-order valence-electron chi connectivity index (χ4n) is 1.99. The number of ether oxygens (including phenoxy) is 1. The molecule has 2 aromatic rings. The maximum absolute atomic E-state index is 5.71. The Morgan fingerprint density at radius 2 is 2.33 bits per heavy atom. The fourth-order valence-corrected chi connectivity index (χ4v) is 1.99. The zero-order chi connectivity index (χ0) is 10.3. The van der Waals surface area contributed by atoms with Gasteiger partial charge in [0.2, 0.25) is 0 Å². The molecule has 2 aromatic heterocycles. The Bertz CT molecular complexity index is 486. The highest BCUT2D eigenvalue weighted by atomic mass is 16.5. The van der Waals surface area contributed by atoms with Gasteiger partial charge in [-0.1, -0.05) is 0 Å². The molecule has 0 saturated carbocycles. The summed E-state index contributed by atoms with van der Waals surface area (Å²) in [7, 11) is 0. The van der Waals surface area contributed by atoms with Gasteiger partial charge < -0.3 is 14.9 Å².